The summed E-state index contributed by atoms with van der Waals surface area (Å²) in [5, 5.41) is 21.4. The topological polar surface area (TPSA) is 127 Å². The third-order valence-corrected chi connectivity index (χ3v) is 10.7. The molecule has 0 aliphatic carbocycles. The van der Waals surface area contributed by atoms with Crippen LogP contribution in [-0.4, -0.2) is 48.9 Å². The Hall–Kier alpha value is -3.76. The van der Waals surface area contributed by atoms with Gasteiger partial charge in [-0.1, -0.05) is 0 Å². The van der Waals surface area contributed by atoms with Gasteiger partial charge < -0.3 is 29.3 Å². The van der Waals surface area contributed by atoms with E-state index in [0.717, 1.165) is 68.5 Å². The summed E-state index contributed by atoms with van der Waals surface area (Å²) in [7, 11) is 3.24. The molecule has 2 aromatic carbocycles. The molecule has 2 unspecified atom stereocenters. The van der Waals surface area contributed by atoms with Crippen LogP contribution in [0.25, 0.3) is 20.2 Å². The summed E-state index contributed by atoms with van der Waals surface area (Å²) >= 11 is 2.73. The summed E-state index contributed by atoms with van der Waals surface area (Å²) in [6.07, 6.45) is 4.34. The van der Waals surface area contributed by atoms with Crippen LogP contribution < -0.4 is 9.47 Å². The van der Waals surface area contributed by atoms with Gasteiger partial charge in [0.2, 0.25) is 0 Å². The number of benzene rings is 2. The average molecular weight is 611 g/mol. The van der Waals surface area contributed by atoms with Crippen LogP contribution in [0.1, 0.15) is 60.4 Å². The number of thiophene rings is 2. The Morgan fingerprint density at radius 1 is 0.714 bits per heavy atom. The fourth-order valence-electron chi connectivity index (χ4n) is 5.10. The SMILES string of the molecule is COc1cc2sc(C(C)(CC=O)C(=O)O)cc2cc1CCCCc1cc2cc(C(C)(CC=O)C(=O)O)sc2cc1OC. The van der Waals surface area contributed by atoms with Crippen molar-refractivity contribution in [1.29, 1.82) is 0 Å². The number of carbonyl (C=O) groups is 4. The van der Waals surface area contributed by atoms with Crippen molar-refractivity contribution in [3.63, 3.8) is 0 Å². The van der Waals surface area contributed by atoms with Gasteiger partial charge in [0, 0.05) is 32.0 Å². The van der Waals surface area contributed by atoms with Crippen LogP contribution in [0.3, 0.4) is 0 Å². The molecule has 4 rings (SSSR count). The first-order valence-electron chi connectivity index (χ1n) is 13.6. The van der Waals surface area contributed by atoms with Crippen molar-refractivity contribution in [2.45, 2.75) is 63.2 Å². The molecule has 2 N–H and O–H groups in total. The van der Waals surface area contributed by atoms with Gasteiger partial charge in [-0.05, 0) is 97.8 Å². The van der Waals surface area contributed by atoms with Crippen molar-refractivity contribution in [1.82, 2.24) is 0 Å². The van der Waals surface area contributed by atoms with Crippen molar-refractivity contribution < 1.29 is 38.9 Å². The number of hydrogen-bond acceptors (Lipinski definition) is 8. The highest BCUT2D eigenvalue weighted by molar-refractivity contribution is 7.19. The molecular formula is C32H34O8S2. The van der Waals surface area contributed by atoms with Gasteiger partial charge in [-0.15, -0.1) is 22.7 Å². The van der Waals surface area contributed by atoms with Gasteiger partial charge in [0.15, 0.2) is 0 Å². The van der Waals surface area contributed by atoms with Gasteiger partial charge in [0.05, 0.1) is 14.2 Å². The highest BCUT2D eigenvalue weighted by Gasteiger charge is 2.37. The third kappa shape index (κ3) is 5.91. The van der Waals surface area contributed by atoms with Gasteiger partial charge >= 0.3 is 11.9 Å². The molecule has 0 saturated heterocycles. The standard InChI is InChI=1S/C32H34O8S2/c1-31(9-11-33,29(35)36)27-15-21-13-19(23(39-3)17-25(21)41-27)7-5-6-8-20-14-22-16-28(32(2,10-12-34)30(37)38)42-26(22)18-24(20)40-4/h11-18H,5-10H2,1-4H3,(H,35,36)(H,37,38). The molecule has 2 heterocycles. The fraction of sp³-hybridized carbons (Fsp3) is 0.375. The number of carbonyl (C=O) groups excluding carboxylic acids is 2. The predicted octanol–water partition coefficient (Wildman–Crippen LogP) is 6.56. The Morgan fingerprint density at radius 2 is 1.10 bits per heavy atom. The lowest BCUT2D eigenvalue weighted by molar-refractivity contribution is -0.144. The number of unbranched alkanes of at least 4 members (excludes halogenated alkanes) is 1. The lowest BCUT2D eigenvalue weighted by Gasteiger charge is -2.20. The predicted molar refractivity (Wildman–Crippen MR) is 165 cm³/mol. The molecule has 10 heteroatoms. The first kappa shape index (κ1) is 31.2. The molecule has 0 radical (unpaired) electrons. The first-order valence-corrected chi connectivity index (χ1v) is 15.2. The Kier molecular flexibility index (Phi) is 9.37. The van der Waals surface area contributed by atoms with Crippen LogP contribution in [0.15, 0.2) is 36.4 Å². The van der Waals surface area contributed by atoms with Gasteiger partial charge in [-0.3, -0.25) is 9.59 Å². The van der Waals surface area contributed by atoms with Crippen LogP contribution in [-0.2, 0) is 42.8 Å². The molecule has 2 atom stereocenters. The summed E-state index contributed by atoms with van der Waals surface area (Å²) in [6, 6.07) is 11.7. The fourth-order valence-corrected chi connectivity index (χ4v) is 7.54. The van der Waals surface area contributed by atoms with Crippen LogP contribution >= 0.6 is 22.7 Å². The number of methoxy groups -OCH3 is 2. The van der Waals surface area contributed by atoms with E-state index in [0.29, 0.717) is 22.3 Å². The minimum atomic E-state index is -1.27. The quantitative estimate of drug-likeness (QED) is 0.114. The van der Waals surface area contributed by atoms with E-state index in [1.165, 1.54) is 22.7 Å². The molecular weight excluding hydrogens is 576 g/mol. The summed E-state index contributed by atoms with van der Waals surface area (Å²) in [5.41, 5.74) is -0.504. The highest BCUT2D eigenvalue weighted by Crippen LogP contribution is 2.41. The Balaban J connectivity index is 1.52. The van der Waals surface area contributed by atoms with Gasteiger partial charge in [0.1, 0.15) is 34.9 Å². The lowest BCUT2D eigenvalue weighted by Crippen LogP contribution is -2.31. The average Bonchev–Trinajstić information content (AvgIpc) is 3.58. The highest BCUT2D eigenvalue weighted by atomic mass is 32.1. The molecule has 0 spiro atoms. The summed E-state index contributed by atoms with van der Waals surface area (Å²) in [6.45, 7) is 3.15. The number of carboxylic acid groups (broad SMARTS) is 2. The van der Waals surface area contributed by atoms with Crippen molar-refractivity contribution in [2.75, 3.05) is 14.2 Å². The van der Waals surface area contributed by atoms with E-state index in [1.54, 1.807) is 28.1 Å². The molecule has 222 valence electrons. The molecule has 42 heavy (non-hydrogen) atoms. The van der Waals surface area contributed by atoms with E-state index in [2.05, 4.69) is 0 Å². The van der Waals surface area contributed by atoms with E-state index in [-0.39, 0.29) is 12.8 Å². The van der Waals surface area contributed by atoms with Crippen molar-refractivity contribution in [3.8, 4) is 11.5 Å². The number of ether oxygens (including phenoxy) is 2. The minimum absolute atomic E-state index is 0.0985. The molecule has 0 fully saturated rings. The number of rotatable bonds is 15. The Morgan fingerprint density at radius 3 is 1.40 bits per heavy atom. The van der Waals surface area contributed by atoms with Crippen LogP contribution in [0, 0.1) is 0 Å². The van der Waals surface area contributed by atoms with Gasteiger partial charge in [-0.25, -0.2) is 0 Å². The molecule has 8 nitrogen and oxygen atoms in total. The second-order valence-electron chi connectivity index (χ2n) is 10.8. The second kappa shape index (κ2) is 12.6. The summed E-state index contributed by atoms with van der Waals surface area (Å²) in [5.74, 6) is -0.579. The molecule has 0 aliphatic rings. The summed E-state index contributed by atoms with van der Waals surface area (Å²) < 4.78 is 13.1. The number of aldehydes is 2. The summed E-state index contributed by atoms with van der Waals surface area (Å²) in [4.78, 5) is 47.6. The van der Waals surface area contributed by atoms with E-state index in [9.17, 15) is 29.4 Å². The number of hydrogen-bond donors (Lipinski definition) is 2. The van der Waals surface area contributed by atoms with Crippen LogP contribution in [0.5, 0.6) is 11.5 Å². The van der Waals surface area contributed by atoms with E-state index in [1.807, 2.05) is 36.4 Å². The smallest absolute Gasteiger partial charge is 0.315 e. The van der Waals surface area contributed by atoms with Gasteiger partial charge in [0.25, 0.3) is 0 Å². The number of carboxylic acids is 2. The largest absolute Gasteiger partial charge is 0.496 e. The molecule has 0 bridgehead atoms. The molecule has 0 aliphatic heterocycles. The van der Waals surface area contributed by atoms with Gasteiger partial charge in [-0.2, -0.15) is 0 Å². The van der Waals surface area contributed by atoms with E-state index < -0.39 is 22.8 Å². The Labute approximate surface area is 251 Å². The number of aliphatic carboxylic acids is 2. The third-order valence-electron chi connectivity index (χ3n) is 8.00. The van der Waals surface area contributed by atoms with Crippen molar-refractivity contribution in [2.24, 2.45) is 0 Å². The first-order chi connectivity index (χ1) is 20.0. The molecule has 0 amide bonds. The van der Waals surface area contributed by atoms with Crippen molar-refractivity contribution >= 4 is 67.4 Å². The molecule has 4 aromatic rings. The maximum absolute atomic E-state index is 12.0. The monoisotopic (exact) mass is 610 g/mol. The molecule has 0 saturated carbocycles. The zero-order valence-corrected chi connectivity index (χ0v) is 25.7. The number of aryl methyl sites for hydroxylation is 2. The normalized spacial score (nSPS) is 14.3. The second-order valence-corrected chi connectivity index (χ2v) is 13.0. The number of fused-ring (bicyclic) bond motifs is 2. The maximum atomic E-state index is 12.0. The van der Waals surface area contributed by atoms with Crippen LogP contribution in [0.4, 0.5) is 0 Å². The zero-order valence-electron chi connectivity index (χ0n) is 24.0. The zero-order chi connectivity index (χ0) is 30.7. The Bertz CT molecular complexity index is 1530. The van der Waals surface area contributed by atoms with E-state index in [4.69, 9.17) is 9.47 Å². The maximum Gasteiger partial charge on any atom is 0.315 e. The van der Waals surface area contributed by atoms with Crippen molar-refractivity contribution in [3.05, 3.63) is 57.3 Å². The van der Waals surface area contributed by atoms with Crippen LogP contribution in [0.2, 0.25) is 0 Å². The lowest BCUT2D eigenvalue weighted by atomic mass is 9.85. The van der Waals surface area contributed by atoms with E-state index >= 15 is 0 Å². The minimum Gasteiger partial charge on any atom is -0.496 e. The molecule has 2 aromatic heterocycles.